The Bertz CT molecular complexity index is 3110. The molecule has 0 unspecified atom stereocenters. The van der Waals surface area contributed by atoms with Gasteiger partial charge in [0, 0.05) is 44.0 Å². The van der Waals surface area contributed by atoms with Crippen LogP contribution in [0.2, 0.25) is 0 Å². The van der Waals surface area contributed by atoms with Crippen LogP contribution in [0.1, 0.15) is 5.56 Å². The Balaban J connectivity index is 1.23. The summed E-state index contributed by atoms with van der Waals surface area (Å²) in [6, 6.07) is 60.4. The highest BCUT2D eigenvalue weighted by Gasteiger charge is 2.24. The first-order valence-corrected chi connectivity index (χ1v) is 18.1. The summed E-state index contributed by atoms with van der Waals surface area (Å²) < 4.78 is 6.53. The molecule has 10 aromatic rings. The van der Waals surface area contributed by atoms with Crippen LogP contribution in [-0.2, 0) is 0 Å². The first-order valence-electron chi connectivity index (χ1n) is 18.1. The third kappa shape index (κ3) is 5.21. The first kappa shape index (κ1) is 32.0. The van der Waals surface area contributed by atoms with Gasteiger partial charge in [-0.15, -0.1) is 10.2 Å². The van der Waals surface area contributed by atoms with Gasteiger partial charge in [0.15, 0.2) is 11.6 Å². The van der Waals surface area contributed by atoms with Gasteiger partial charge in [-0.1, -0.05) is 122 Å². The van der Waals surface area contributed by atoms with Crippen LogP contribution >= 0.6 is 0 Å². The maximum atomic E-state index is 4.98. The zero-order chi connectivity index (χ0) is 36.9. The Morgan fingerprint density at radius 3 is 1.76 bits per heavy atom. The Labute approximate surface area is 317 Å². The van der Waals surface area contributed by atoms with Crippen molar-refractivity contribution >= 4 is 62.0 Å². The van der Waals surface area contributed by atoms with Gasteiger partial charge in [-0.2, -0.15) is 0 Å². The van der Waals surface area contributed by atoms with E-state index in [4.69, 9.17) is 15.2 Å². The molecule has 55 heavy (non-hydrogen) atoms. The molecule has 0 N–H and O–H groups in total. The highest BCUT2D eigenvalue weighted by Crippen LogP contribution is 2.40. The molecule has 3 aromatic heterocycles. The summed E-state index contributed by atoms with van der Waals surface area (Å²) in [4.78, 5) is 9.46. The monoisotopic (exact) mass is 707 g/mol. The zero-order valence-electron chi connectivity index (χ0n) is 29.8. The quantitative estimate of drug-likeness (QED) is 0.128. The molecule has 0 spiro atoms. The van der Waals surface area contributed by atoms with Crippen molar-refractivity contribution in [3.05, 3.63) is 188 Å². The van der Waals surface area contributed by atoms with E-state index in [1.54, 1.807) is 0 Å². The number of aromatic nitrogens is 5. The molecule has 0 radical (unpaired) electrons. The van der Waals surface area contributed by atoms with Crippen LogP contribution in [-0.4, -0.2) is 36.6 Å². The fraction of sp³-hybridized carbons (Fsp3) is 0. The van der Waals surface area contributed by atoms with E-state index in [-0.39, 0.29) is 0 Å². The minimum Gasteiger partial charge on any atom is -0.309 e. The van der Waals surface area contributed by atoms with Crippen LogP contribution in [0.5, 0.6) is 0 Å². The lowest BCUT2D eigenvalue weighted by Crippen LogP contribution is -2.10. The molecule has 0 fully saturated rings. The van der Waals surface area contributed by atoms with Crippen molar-refractivity contribution in [2.75, 3.05) is 0 Å². The number of benzene rings is 7. The van der Waals surface area contributed by atoms with Gasteiger partial charge in [0.05, 0.1) is 27.8 Å². The van der Waals surface area contributed by atoms with Gasteiger partial charge in [0.1, 0.15) is 0 Å². The molecule has 0 aliphatic carbocycles. The van der Waals surface area contributed by atoms with Gasteiger partial charge in [-0.05, 0) is 72.9 Å². The topological polar surface area (TPSA) is 65.3 Å². The van der Waals surface area contributed by atoms with Crippen molar-refractivity contribution < 1.29 is 0 Å². The molecular formula is C48H33N7. The molecule has 0 saturated heterocycles. The fourth-order valence-corrected chi connectivity index (χ4v) is 7.81. The van der Waals surface area contributed by atoms with E-state index in [9.17, 15) is 0 Å². The van der Waals surface area contributed by atoms with Gasteiger partial charge in [0.25, 0.3) is 0 Å². The number of para-hydroxylation sites is 5. The number of nitrogens with zero attached hydrogens (tertiary/aromatic N) is 7. The molecule has 0 aliphatic heterocycles. The van der Waals surface area contributed by atoms with Crippen molar-refractivity contribution in [2.24, 2.45) is 9.98 Å². The standard InChI is InChI=1S/C48H33N7/c1-32(33-17-6-3-7-18-33)50-48(49-2)55-43-28-15-12-23-37(43)39-25-16-26-40(45(39)55)47-52-51-46(54(47)36-21-10-5-11-22-36)34-29-30-44-41(31-34)38-24-13-14-27-42(38)53(44)35-19-8-4-9-20-35/h3-31H,1-2H2. The summed E-state index contributed by atoms with van der Waals surface area (Å²) in [6.45, 7) is 8.28. The van der Waals surface area contributed by atoms with Crippen molar-refractivity contribution in [1.29, 1.82) is 0 Å². The number of hydrogen-bond acceptors (Lipinski definition) is 3. The average Bonchev–Trinajstić information content (AvgIpc) is 3.94. The molecule has 7 heteroatoms. The molecule has 260 valence electrons. The van der Waals surface area contributed by atoms with E-state index < -0.39 is 0 Å². The second kappa shape index (κ2) is 13.1. The van der Waals surface area contributed by atoms with Crippen LogP contribution in [0, 0.1) is 0 Å². The van der Waals surface area contributed by atoms with Crippen LogP contribution in [0.25, 0.3) is 83.5 Å². The number of hydrogen-bond donors (Lipinski definition) is 0. The molecule has 0 amide bonds. The lowest BCUT2D eigenvalue weighted by Gasteiger charge is -2.14. The van der Waals surface area contributed by atoms with E-state index in [1.807, 2.05) is 60.7 Å². The molecule has 10 rings (SSSR count). The summed E-state index contributed by atoms with van der Waals surface area (Å²) in [5.74, 6) is 1.83. The van der Waals surface area contributed by atoms with E-state index in [0.717, 1.165) is 72.1 Å². The second-order valence-electron chi connectivity index (χ2n) is 13.4. The van der Waals surface area contributed by atoms with Crippen LogP contribution < -0.4 is 0 Å². The molecule has 0 aliphatic rings. The smallest absolute Gasteiger partial charge is 0.234 e. The third-order valence-corrected chi connectivity index (χ3v) is 10.2. The second-order valence-corrected chi connectivity index (χ2v) is 13.4. The van der Waals surface area contributed by atoms with Gasteiger partial charge in [-0.25, -0.2) is 9.98 Å². The molecule has 0 saturated carbocycles. The lowest BCUT2D eigenvalue weighted by atomic mass is 10.1. The molecule has 3 heterocycles. The van der Waals surface area contributed by atoms with Gasteiger partial charge in [0.2, 0.25) is 5.96 Å². The fourth-order valence-electron chi connectivity index (χ4n) is 7.81. The highest BCUT2D eigenvalue weighted by molar-refractivity contribution is 6.18. The third-order valence-electron chi connectivity index (χ3n) is 10.2. The maximum absolute atomic E-state index is 4.98. The predicted molar refractivity (Wildman–Crippen MR) is 227 cm³/mol. The largest absolute Gasteiger partial charge is 0.309 e. The summed E-state index contributed by atoms with van der Waals surface area (Å²) in [5.41, 5.74) is 9.49. The molecular weight excluding hydrogens is 675 g/mol. The summed E-state index contributed by atoms with van der Waals surface area (Å²) >= 11 is 0. The molecule has 7 nitrogen and oxygen atoms in total. The Morgan fingerprint density at radius 1 is 0.491 bits per heavy atom. The van der Waals surface area contributed by atoms with Crippen molar-refractivity contribution in [3.63, 3.8) is 0 Å². The number of fused-ring (bicyclic) bond motifs is 6. The average molecular weight is 708 g/mol. The van der Waals surface area contributed by atoms with Crippen molar-refractivity contribution in [2.45, 2.75) is 0 Å². The van der Waals surface area contributed by atoms with Crippen LogP contribution in [0.15, 0.2) is 192 Å². The van der Waals surface area contributed by atoms with Crippen LogP contribution in [0.3, 0.4) is 0 Å². The number of aliphatic imine (C=N–C) groups is 2. The minimum absolute atomic E-state index is 0.416. The maximum Gasteiger partial charge on any atom is 0.234 e. The Morgan fingerprint density at radius 2 is 1.05 bits per heavy atom. The Kier molecular flexibility index (Phi) is 7.63. The van der Waals surface area contributed by atoms with Gasteiger partial charge >= 0.3 is 0 Å². The normalized spacial score (nSPS) is 11.9. The minimum atomic E-state index is 0.416. The summed E-state index contributed by atoms with van der Waals surface area (Å²) in [7, 11) is 0. The van der Waals surface area contributed by atoms with Crippen LogP contribution in [0.4, 0.5) is 0 Å². The highest BCUT2D eigenvalue weighted by atomic mass is 15.3. The SMILES string of the molecule is C=NC(=NC(=C)c1ccccc1)n1c2ccccc2c2cccc(-c3nnc(-c4ccc5c(c4)c4ccccc4n5-c4ccccc4)n3-c3ccccc3)c21. The molecule has 0 atom stereocenters. The lowest BCUT2D eigenvalue weighted by molar-refractivity contribution is 1.07. The van der Waals surface area contributed by atoms with E-state index in [1.165, 1.54) is 5.39 Å². The van der Waals surface area contributed by atoms with E-state index in [2.05, 4.69) is 147 Å². The van der Waals surface area contributed by atoms with E-state index >= 15 is 0 Å². The molecule has 0 bridgehead atoms. The van der Waals surface area contributed by atoms with Crippen molar-refractivity contribution in [3.8, 4) is 34.2 Å². The first-order chi connectivity index (χ1) is 27.2. The molecule has 7 aromatic carbocycles. The predicted octanol–water partition coefficient (Wildman–Crippen LogP) is 11.4. The van der Waals surface area contributed by atoms with Gasteiger partial charge < -0.3 is 4.57 Å². The summed E-state index contributed by atoms with van der Waals surface area (Å²) in [5, 5.41) is 14.3. The summed E-state index contributed by atoms with van der Waals surface area (Å²) in [6.07, 6.45) is 0. The number of rotatable bonds is 6. The van der Waals surface area contributed by atoms with Gasteiger partial charge in [-0.3, -0.25) is 9.13 Å². The van der Waals surface area contributed by atoms with E-state index in [0.29, 0.717) is 17.5 Å². The Hall–Kier alpha value is -7.64. The van der Waals surface area contributed by atoms with Crippen molar-refractivity contribution in [1.82, 2.24) is 23.9 Å². The zero-order valence-corrected chi connectivity index (χ0v) is 29.8.